The number of benzene rings is 2. The van der Waals surface area contributed by atoms with E-state index < -0.39 is 11.7 Å². The molecule has 0 fully saturated rings. The van der Waals surface area contributed by atoms with Crippen molar-refractivity contribution in [3.8, 4) is 0 Å². The smallest absolute Gasteiger partial charge is 0.332 e. The summed E-state index contributed by atoms with van der Waals surface area (Å²) < 4.78 is 40.0. The Hall–Kier alpha value is -2.87. The lowest BCUT2D eigenvalue weighted by atomic mass is 10.1. The number of alkyl halides is 3. The Labute approximate surface area is 160 Å². The Morgan fingerprint density at radius 1 is 1.11 bits per heavy atom. The fourth-order valence-corrected chi connectivity index (χ4v) is 2.77. The number of anilines is 2. The van der Waals surface area contributed by atoms with Crippen LogP contribution in [-0.4, -0.2) is 14.9 Å². The summed E-state index contributed by atoms with van der Waals surface area (Å²) in [5.41, 5.74) is 2.44. The Balaban J connectivity index is 1.63. The van der Waals surface area contributed by atoms with Crippen molar-refractivity contribution in [3.63, 3.8) is 0 Å². The van der Waals surface area contributed by atoms with Gasteiger partial charge in [0.25, 0.3) is 0 Å². The maximum absolute atomic E-state index is 12.8. The summed E-state index contributed by atoms with van der Waals surface area (Å²) in [6.07, 6.45) is -1.11. The van der Waals surface area contributed by atoms with Gasteiger partial charge in [0.15, 0.2) is 5.11 Å². The Bertz CT molecular complexity index is 950. The first-order valence-electron chi connectivity index (χ1n) is 8.13. The summed E-state index contributed by atoms with van der Waals surface area (Å²) in [7, 11) is 0. The molecule has 0 amide bonds. The van der Waals surface area contributed by atoms with Crippen LogP contribution in [0, 0.1) is 6.92 Å². The van der Waals surface area contributed by atoms with E-state index in [0.29, 0.717) is 16.4 Å². The lowest BCUT2D eigenvalue weighted by molar-refractivity contribution is -0.137. The Morgan fingerprint density at radius 3 is 2.63 bits per heavy atom. The van der Waals surface area contributed by atoms with Crippen molar-refractivity contribution in [1.29, 1.82) is 0 Å². The van der Waals surface area contributed by atoms with Crippen LogP contribution in [0.2, 0.25) is 0 Å². The molecule has 0 bridgehead atoms. The minimum atomic E-state index is -4.36. The van der Waals surface area contributed by atoms with Crippen molar-refractivity contribution in [2.24, 2.45) is 0 Å². The molecule has 0 radical (unpaired) electrons. The molecule has 3 rings (SSSR count). The molecule has 140 valence electrons. The Morgan fingerprint density at radius 2 is 1.89 bits per heavy atom. The number of aromatic nitrogens is 2. The van der Waals surface area contributed by atoms with E-state index in [4.69, 9.17) is 12.2 Å². The predicted molar refractivity (Wildman–Crippen MR) is 104 cm³/mol. The van der Waals surface area contributed by atoms with Crippen LogP contribution in [0.4, 0.5) is 24.5 Å². The molecule has 2 aromatic carbocycles. The molecule has 1 heterocycles. The van der Waals surface area contributed by atoms with Gasteiger partial charge >= 0.3 is 6.18 Å². The van der Waals surface area contributed by atoms with E-state index in [1.54, 1.807) is 23.1 Å². The minimum absolute atomic E-state index is 0.226. The lowest BCUT2D eigenvalue weighted by Crippen LogP contribution is -2.19. The van der Waals surface area contributed by atoms with E-state index in [0.717, 1.165) is 23.4 Å². The van der Waals surface area contributed by atoms with Gasteiger partial charge in [0.05, 0.1) is 24.0 Å². The minimum Gasteiger partial charge on any atom is -0.332 e. The van der Waals surface area contributed by atoms with E-state index in [-0.39, 0.29) is 6.54 Å². The topological polar surface area (TPSA) is 41.9 Å². The zero-order valence-electron chi connectivity index (χ0n) is 14.4. The molecule has 0 aliphatic carbocycles. The summed E-state index contributed by atoms with van der Waals surface area (Å²) >= 11 is 5.29. The van der Waals surface area contributed by atoms with Gasteiger partial charge in [-0.15, -0.1) is 0 Å². The molecule has 0 saturated carbocycles. The van der Waals surface area contributed by atoms with Crippen LogP contribution in [0.3, 0.4) is 0 Å². The van der Waals surface area contributed by atoms with Crippen LogP contribution in [0.1, 0.15) is 16.7 Å². The highest BCUT2D eigenvalue weighted by Gasteiger charge is 2.30. The van der Waals surface area contributed by atoms with E-state index in [1.165, 1.54) is 6.07 Å². The summed E-state index contributed by atoms with van der Waals surface area (Å²) in [6.45, 7) is 2.20. The number of hydrogen-bond donors (Lipinski definition) is 2. The number of hydrogen-bond acceptors (Lipinski definition) is 2. The molecule has 0 unspecified atom stereocenters. The third-order valence-electron chi connectivity index (χ3n) is 3.88. The molecule has 0 aliphatic rings. The highest BCUT2D eigenvalue weighted by Crippen LogP contribution is 2.29. The summed E-state index contributed by atoms with van der Waals surface area (Å²) in [5.74, 6) is 0. The van der Waals surface area contributed by atoms with Gasteiger partial charge in [-0.2, -0.15) is 18.3 Å². The molecule has 1 aromatic heterocycles. The first kappa shape index (κ1) is 18.9. The van der Waals surface area contributed by atoms with Crippen molar-refractivity contribution < 1.29 is 13.2 Å². The fourth-order valence-electron chi connectivity index (χ4n) is 2.55. The SMILES string of the molecule is Cc1ccccc1NC(=S)Nc1cnn(Cc2cccc(C(F)(F)F)c2)c1. The van der Waals surface area contributed by atoms with Gasteiger partial charge in [-0.3, -0.25) is 4.68 Å². The molecule has 27 heavy (non-hydrogen) atoms. The maximum atomic E-state index is 12.8. The largest absolute Gasteiger partial charge is 0.416 e. The van der Waals surface area contributed by atoms with Crippen molar-refractivity contribution >= 4 is 28.7 Å². The highest BCUT2D eigenvalue weighted by molar-refractivity contribution is 7.80. The third kappa shape index (κ3) is 5.07. The van der Waals surface area contributed by atoms with Gasteiger partial charge < -0.3 is 10.6 Å². The van der Waals surface area contributed by atoms with Gasteiger partial charge in [-0.1, -0.05) is 30.3 Å². The molecule has 4 nitrogen and oxygen atoms in total. The zero-order valence-corrected chi connectivity index (χ0v) is 15.2. The molecule has 0 saturated heterocycles. The average Bonchev–Trinajstić information content (AvgIpc) is 3.03. The van der Waals surface area contributed by atoms with Crippen LogP contribution in [-0.2, 0) is 12.7 Å². The summed E-state index contributed by atoms with van der Waals surface area (Å²) in [5, 5.41) is 10.7. The second kappa shape index (κ2) is 7.79. The van der Waals surface area contributed by atoms with E-state index >= 15 is 0 Å². The van der Waals surface area contributed by atoms with Crippen molar-refractivity contribution in [2.45, 2.75) is 19.6 Å². The number of aryl methyl sites for hydroxylation is 1. The molecular weight excluding hydrogens is 373 g/mol. The molecule has 0 atom stereocenters. The number of halogens is 3. The van der Waals surface area contributed by atoms with E-state index in [1.807, 2.05) is 31.2 Å². The summed E-state index contributed by atoms with van der Waals surface area (Å²) in [4.78, 5) is 0. The molecular formula is C19H17F3N4S. The van der Waals surface area contributed by atoms with Crippen LogP contribution in [0.25, 0.3) is 0 Å². The van der Waals surface area contributed by atoms with Gasteiger partial charge in [0.1, 0.15) is 0 Å². The van der Waals surface area contributed by atoms with Crippen LogP contribution in [0.5, 0.6) is 0 Å². The number of para-hydroxylation sites is 1. The van der Waals surface area contributed by atoms with Crippen molar-refractivity contribution in [1.82, 2.24) is 9.78 Å². The second-order valence-corrected chi connectivity index (χ2v) is 6.43. The number of nitrogens with zero attached hydrogens (tertiary/aromatic N) is 2. The normalized spacial score (nSPS) is 11.3. The van der Waals surface area contributed by atoms with Gasteiger partial charge in [-0.05, 0) is 48.5 Å². The van der Waals surface area contributed by atoms with E-state index in [9.17, 15) is 13.2 Å². The second-order valence-electron chi connectivity index (χ2n) is 6.02. The average molecular weight is 390 g/mol. The lowest BCUT2D eigenvalue weighted by Gasteiger charge is -2.11. The number of nitrogens with one attached hydrogen (secondary N) is 2. The van der Waals surface area contributed by atoms with Crippen molar-refractivity contribution in [2.75, 3.05) is 10.6 Å². The Kier molecular flexibility index (Phi) is 5.46. The number of rotatable bonds is 4. The maximum Gasteiger partial charge on any atom is 0.416 e. The first-order chi connectivity index (χ1) is 12.8. The molecule has 3 aromatic rings. The molecule has 2 N–H and O–H groups in total. The van der Waals surface area contributed by atoms with Crippen LogP contribution in [0.15, 0.2) is 60.9 Å². The van der Waals surface area contributed by atoms with Gasteiger partial charge in [0, 0.05) is 11.9 Å². The molecule has 0 spiro atoms. The van der Waals surface area contributed by atoms with E-state index in [2.05, 4.69) is 15.7 Å². The third-order valence-corrected chi connectivity index (χ3v) is 4.09. The fraction of sp³-hybridized carbons (Fsp3) is 0.158. The molecule has 8 heteroatoms. The first-order valence-corrected chi connectivity index (χ1v) is 8.54. The monoisotopic (exact) mass is 390 g/mol. The van der Waals surface area contributed by atoms with Gasteiger partial charge in [-0.25, -0.2) is 0 Å². The molecule has 0 aliphatic heterocycles. The van der Waals surface area contributed by atoms with Crippen LogP contribution < -0.4 is 10.6 Å². The van der Waals surface area contributed by atoms with Gasteiger partial charge in [0.2, 0.25) is 0 Å². The predicted octanol–water partition coefficient (Wildman–Crippen LogP) is 5.07. The number of thiocarbonyl (C=S) groups is 1. The zero-order chi connectivity index (χ0) is 19.4. The van der Waals surface area contributed by atoms with Crippen molar-refractivity contribution in [3.05, 3.63) is 77.6 Å². The van der Waals surface area contributed by atoms with Crippen LogP contribution >= 0.6 is 12.2 Å². The quantitative estimate of drug-likeness (QED) is 0.611. The summed E-state index contributed by atoms with van der Waals surface area (Å²) in [6, 6.07) is 12.9. The highest BCUT2D eigenvalue weighted by atomic mass is 32.1. The standard InChI is InChI=1S/C19H17F3N4S/c1-13-5-2-3-8-17(13)25-18(27)24-16-10-23-26(12-16)11-14-6-4-7-15(9-14)19(20,21)22/h2-10,12H,11H2,1H3,(H2,24,25,27).